The molecule has 0 aromatic heterocycles. The highest BCUT2D eigenvalue weighted by atomic mass is 31.1. The second-order valence-electron chi connectivity index (χ2n) is 6.78. The third kappa shape index (κ3) is 4.99. The van der Waals surface area contributed by atoms with Gasteiger partial charge in [0, 0.05) is 6.16 Å². The molecule has 0 atom stereocenters. The number of aryl methyl sites for hydroxylation is 3. The van der Waals surface area contributed by atoms with Crippen LogP contribution in [0, 0.1) is 6.92 Å². The maximum atomic E-state index is 6.35. The van der Waals surface area contributed by atoms with Crippen molar-refractivity contribution < 1.29 is 4.74 Å². The summed E-state index contributed by atoms with van der Waals surface area (Å²) in [4.78, 5) is 0. The number of hydrogen-bond acceptors (Lipinski definition) is 1. The van der Waals surface area contributed by atoms with Gasteiger partial charge in [-0.15, -0.1) is 0 Å². The summed E-state index contributed by atoms with van der Waals surface area (Å²) in [6.45, 7) is 7.34. The van der Waals surface area contributed by atoms with Gasteiger partial charge in [0.25, 0.3) is 0 Å². The molecular weight excluding hydrogens is 347 g/mol. The van der Waals surface area contributed by atoms with E-state index in [2.05, 4.69) is 93.6 Å². The zero-order valence-electron chi connectivity index (χ0n) is 16.6. The molecule has 0 heterocycles. The second-order valence-corrected chi connectivity index (χ2v) is 9.12. The summed E-state index contributed by atoms with van der Waals surface area (Å²) >= 11 is 0. The molecule has 0 aliphatic heterocycles. The van der Waals surface area contributed by atoms with Crippen molar-refractivity contribution in [2.75, 3.05) is 12.8 Å². The molecule has 1 nitrogen and oxygen atoms in total. The molecule has 0 spiro atoms. The Kier molecular flexibility index (Phi) is 7.07. The van der Waals surface area contributed by atoms with Crippen molar-refractivity contribution in [2.24, 2.45) is 0 Å². The van der Waals surface area contributed by atoms with E-state index in [1.54, 1.807) is 0 Å². The second kappa shape index (κ2) is 9.72. The first-order valence-electron chi connectivity index (χ1n) is 9.85. The van der Waals surface area contributed by atoms with Crippen LogP contribution in [0.3, 0.4) is 0 Å². The van der Waals surface area contributed by atoms with Gasteiger partial charge in [-0.25, -0.2) is 0 Å². The Hall–Kier alpha value is -2.11. The van der Waals surface area contributed by atoms with Crippen molar-refractivity contribution in [3.8, 4) is 5.75 Å². The number of benzene rings is 3. The van der Waals surface area contributed by atoms with E-state index in [0.717, 1.165) is 31.4 Å². The summed E-state index contributed by atoms with van der Waals surface area (Å²) in [5, 5.41) is 2.83. The molecule has 3 aromatic rings. The van der Waals surface area contributed by atoms with E-state index in [4.69, 9.17) is 4.74 Å². The van der Waals surface area contributed by atoms with Crippen LogP contribution in [0.15, 0.2) is 72.8 Å². The summed E-state index contributed by atoms with van der Waals surface area (Å²) in [6, 6.07) is 26.3. The minimum Gasteiger partial charge on any atom is -0.493 e. The van der Waals surface area contributed by atoms with Crippen molar-refractivity contribution in [3.05, 3.63) is 89.5 Å². The maximum Gasteiger partial charge on any atom is 0.125 e. The highest BCUT2D eigenvalue weighted by Gasteiger charge is 2.15. The van der Waals surface area contributed by atoms with Gasteiger partial charge in [0.1, 0.15) is 5.75 Å². The van der Waals surface area contributed by atoms with Gasteiger partial charge in [-0.05, 0) is 55.0 Å². The molecule has 2 heteroatoms. The van der Waals surface area contributed by atoms with E-state index in [-0.39, 0.29) is 0 Å². The van der Waals surface area contributed by atoms with Crippen molar-refractivity contribution in [1.82, 2.24) is 0 Å². The van der Waals surface area contributed by atoms with Gasteiger partial charge in [0.15, 0.2) is 0 Å². The van der Waals surface area contributed by atoms with E-state index in [1.807, 2.05) is 0 Å². The third-order valence-electron chi connectivity index (χ3n) is 4.90. The predicted octanol–water partition coefficient (Wildman–Crippen LogP) is 5.63. The Morgan fingerprint density at radius 1 is 0.778 bits per heavy atom. The lowest BCUT2D eigenvalue weighted by Crippen LogP contribution is -2.17. The van der Waals surface area contributed by atoms with Crippen LogP contribution in [0.25, 0.3) is 0 Å². The Morgan fingerprint density at radius 2 is 1.37 bits per heavy atom. The Labute approximate surface area is 165 Å². The zero-order valence-corrected chi connectivity index (χ0v) is 17.5. The van der Waals surface area contributed by atoms with Gasteiger partial charge in [-0.1, -0.05) is 86.6 Å². The summed E-state index contributed by atoms with van der Waals surface area (Å²) in [7, 11) is -0.405. The standard InChI is InChI=1S/C25H29OP/c1-4-21-18-20(3)25(22(5-2)19-21)26-16-17-27(23-12-8-6-9-13-23)24-14-10-7-11-15-24/h6-15,18-19H,4-5,16-17H2,1-3H3. The summed E-state index contributed by atoms with van der Waals surface area (Å²) in [6.07, 6.45) is 3.11. The molecule has 0 aliphatic carbocycles. The van der Waals surface area contributed by atoms with Gasteiger partial charge < -0.3 is 4.74 Å². The first-order chi connectivity index (χ1) is 13.2. The van der Waals surface area contributed by atoms with E-state index < -0.39 is 7.92 Å². The summed E-state index contributed by atoms with van der Waals surface area (Å²) in [5.74, 6) is 1.09. The monoisotopic (exact) mass is 376 g/mol. The van der Waals surface area contributed by atoms with Gasteiger partial charge >= 0.3 is 0 Å². The largest absolute Gasteiger partial charge is 0.493 e. The van der Waals surface area contributed by atoms with E-state index in [0.29, 0.717) is 0 Å². The van der Waals surface area contributed by atoms with Crippen LogP contribution in [0.5, 0.6) is 5.75 Å². The minimum absolute atomic E-state index is 0.405. The van der Waals surface area contributed by atoms with Crippen LogP contribution in [0.4, 0.5) is 0 Å². The van der Waals surface area contributed by atoms with E-state index >= 15 is 0 Å². The molecule has 0 radical (unpaired) electrons. The lowest BCUT2D eigenvalue weighted by molar-refractivity contribution is 0.337. The van der Waals surface area contributed by atoms with Gasteiger partial charge in [0.05, 0.1) is 6.61 Å². The fourth-order valence-electron chi connectivity index (χ4n) is 3.46. The van der Waals surface area contributed by atoms with Gasteiger partial charge in [-0.2, -0.15) is 0 Å². The quantitative estimate of drug-likeness (QED) is 0.463. The third-order valence-corrected chi connectivity index (χ3v) is 7.37. The zero-order chi connectivity index (χ0) is 19.1. The molecule has 0 bridgehead atoms. The SMILES string of the molecule is CCc1cc(C)c(OCCP(c2ccccc2)c2ccccc2)c(CC)c1. The Balaban J connectivity index is 1.77. The normalized spacial score (nSPS) is 11.0. The topological polar surface area (TPSA) is 9.23 Å². The first-order valence-corrected chi connectivity index (χ1v) is 11.4. The molecule has 140 valence electrons. The van der Waals surface area contributed by atoms with Crippen LogP contribution in [-0.2, 0) is 12.8 Å². The molecule has 27 heavy (non-hydrogen) atoms. The van der Waals surface area contributed by atoms with E-state index in [1.165, 1.54) is 27.3 Å². The molecule has 0 N–H and O–H groups in total. The van der Waals surface area contributed by atoms with Crippen LogP contribution < -0.4 is 15.3 Å². The highest BCUT2D eigenvalue weighted by molar-refractivity contribution is 7.73. The molecule has 0 fully saturated rings. The fourth-order valence-corrected chi connectivity index (χ4v) is 5.62. The molecule has 0 aliphatic rings. The van der Waals surface area contributed by atoms with Crippen LogP contribution in [-0.4, -0.2) is 12.8 Å². The molecule has 0 amide bonds. The number of hydrogen-bond donors (Lipinski definition) is 0. The van der Waals surface area contributed by atoms with Crippen LogP contribution in [0.1, 0.15) is 30.5 Å². The Bertz CT molecular complexity index is 803. The van der Waals surface area contributed by atoms with Crippen molar-refractivity contribution >= 4 is 18.5 Å². The van der Waals surface area contributed by atoms with Crippen molar-refractivity contribution in [1.29, 1.82) is 0 Å². The average molecular weight is 376 g/mol. The van der Waals surface area contributed by atoms with Gasteiger partial charge in [0.2, 0.25) is 0 Å². The average Bonchev–Trinajstić information content (AvgIpc) is 2.73. The smallest absolute Gasteiger partial charge is 0.125 e. The molecule has 0 unspecified atom stereocenters. The van der Waals surface area contributed by atoms with Crippen LogP contribution in [0.2, 0.25) is 0 Å². The number of ether oxygens (including phenoxy) is 1. The van der Waals surface area contributed by atoms with Crippen molar-refractivity contribution in [3.63, 3.8) is 0 Å². The first kappa shape index (κ1) is 19.6. The van der Waals surface area contributed by atoms with Crippen molar-refractivity contribution in [2.45, 2.75) is 33.6 Å². The Morgan fingerprint density at radius 3 is 1.89 bits per heavy atom. The summed E-state index contributed by atoms with van der Waals surface area (Å²) in [5.41, 5.74) is 3.98. The summed E-state index contributed by atoms with van der Waals surface area (Å²) < 4.78 is 6.35. The highest BCUT2D eigenvalue weighted by Crippen LogP contribution is 2.34. The van der Waals surface area contributed by atoms with E-state index in [9.17, 15) is 0 Å². The molecule has 0 saturated heterocycles. The van der Waals surface area contributed by atoms with Gasteiger partial charge in [-0.3, -0.25) is 0 Å². The molecular formula is C25H29OP. The fraction of sp³-hybridized carbons (Fsp3) is 0.280. The number of rotatable bonds is 8. The minimum atomic E-state index is -0.405. The lowest BCUT2D eigenvalue weighted by Gasteiger charge is -2.20. The molecule has 3 rings (SSSR count). The lowest BCUT2D eigenvalue weighted by atomic mass is 10.0. The van der Waals surface area contributed by atoms with Crippen LogP contribution >= 0.6 is 7.92 Å². The molecule has 3 aromatic carbocycles. The predicted molar refractivity (Wildman–Crippen MR) is 119 cm³/mol. The maximum absolute atomic E-state index is 6.35. The molecule has 0 saturated carbocycles.